The minimum Gasteiger partial charge on any atom is -0.478 e. The van der Waals surface area contributed by atoms with E-state index in [1.54, 1.807) is 14.0 Å². The maximum absolute atomic E-state index is 11.8. The van der Waals surface area contributed by atoms with Gasteiger partial charge < -0.3 is 9.67 Å². The number of aromatic carboxylic acids is 1. The summed E-state index contributed by atoms with van der Waals surface area (Å²) in [6, 6.07) is 10.4. The molecule has 4 heteroatoms. The molecule has 2 aromatic rings. The van der Waals surface area contributed by atoms with Crippen molar-refractivity contribution >= 4 is 5.97 Å². The van der Waals surface area contributed by atoms with Crippen LogP contribution in [0.2, 0.25) is 0 Å². The fourth-order valence-electron chi connectivity index (χ4n) is 2.05. The predicted octanol–water partition coefficient (Wildman–Crippen LogP) is 2.06. The number of aromatic nitrogens is 1. The summed E-state index contributed by atoms with van der Waals surface area (Å²) in [6.07, 6.45) is 0. The van der Waals surface area contributed by atoms with Crippen LogP contribution in [-0.4, -0.2) is 15.6 Å². The second kappa shape index (κ2) is 4.49. The molecule has 0 saturated carbocycles. The molecule has 18 heavy (non-hydrogen) atoms. The number of nitrogens with zero attached hydrogens (tertiary/aromatic N) is 1. The van der Waals surface area contributed by atoms with Gasteiger partial charge in [0.05, 0.1) is 11.3 Å². The van der Waals surface area contributed by atoms with E-state index in [1.807, 2.05) is 30.3 Å². The van der Waals surface area contributed by atoms with Crippen molar-refractivity contribution in [3.63, 3.8) is 0 Å². The van der Waals surface area contributed by atoms with Gasteiger partial charge in [-0.25, -0.2) is 4.79 Å². The topological polar surface area (TPSA) is 59.3 Å². The van der Waals surface area contributed by atoms with Crippen molar-refractivity contribution in [3.05, 3.63) is 57.9 Å². The molecule has 0 unspecified atom stereocenters. The minimum atomic E-state index is -1.08. The van der Waals surface area contributed by atoms with Crippen LogP contribution in [0.15, 0.2) is 41.2 Å². The van der Waals surface area contributed by atoms with E-state index >= 15 is 0 Å². The molecule has 0 radical (unpaired) electrons. The van der Waals surface area contributed by atoms with Gasteiger partial charge in [0.15, 0.2) is 0 Å². The van der Waals surface area contributed by atoms with Crippen molar-refractivity contribution in [2.45, 2.75) is 6.92 Å². The molecule has 0 saturated heterocycles. The van der Waals surface area contributed by atoms with Gasteiger partial charge in [-0.15, -0.1) is 0 Å². The smallest absolute Gasteiger partial charge is 0.336 e. The van der Waals surface area contributed by atoms with Crippen molar-refractivity contribution in [2.24, 2.45) is 7.05 Å². The van der Waals surface area contributed by atoms with E-state index in [0.29, 0.717) is 11.3 Å². The van der Waals surface area contributed by atoms with Crippen LogP contribution >= 0.6 is 0 Å². The van der Waals surface area contributed by atoms with E-state index in [0.717, 1.165) is 11.6 Å². The summed E-state index contributed by atoms with van der Waals surface area (Å²) in [4.78, 5) is 22.9. The molecular weight excluding hydrogens is 230 g/mol. The summed E-state index contributed by atoms with van der Waals surface area (Å²) in [5.74, 6) is -1.08. The normalized spacial score (nSPS) is 10.3. The second-order valence-corrected chi connectivity index (χ2v) is 4.10. The molecule has 4 nitrogen and oxygen atoms in total. The zero-order valence-electron chi connectivity index (χ0n) is 10.2. The third kappa shape index (κ3) is 1.93. The zero-order chi connectivity index (χ0) is 13.3. The van der Waals surface area contributed by atoms with Crippen molar-refractivity contribution < 1.29 is 9.90 Å². The Morgan fingerprint density at radius 1 is 1.22 bits per heavy atom. The molecular formula is C14H13NO3. The van der Waals surface area contributed by atoms with Crippen LogP contribution in [0.5, 0.6) is 0 Å². The predicted molar refractivity (Wildman–Crippen MR) is 68.8 cm³/mol. The summed E-state index contributed by atoms with van der Waals surface area (Å²) < 4.78 is 1.47. The molecule has 0 amide bonds. The van der Waals surface area contributed by atoms with E-state index in [4.69, 9.17) is 5.11 Å². The third-order valence-electron chi connectivity index (χ3n) is 2.97. The second-order valence-electron chi connectivity index (χ2n) is 4.10. The molecule has 0 bridgehead atoms. The molecule has 0 aliphatic rings. The van der Waals surface area contributed by atoms with Gasteiger partial charge in [-0.1, -0.05) is 30.3 Å². The Labute approximate surface area is 104 Å². The SMILES string of the molecule is Cc1c(C(=O)O)cc(=O)n(C)c1-c1ccccc1. The summed E-state index contributed by atoms with van der Waals surface area (Å²) in [7, 11) is 1.64. The Morgan fingerprint density at radius 2 is 1.83 bits per heavy atom. The average Bonchev–Trinajstić information content (AvgIpc) is 2.35. The molecule has 0 aliphatic carbocycles. The van der Waals surface area contributed by atoms with E-state index < -0.39 is 5.97 Å². The van der Waals surface area contributed by atoms with Gasteiger partial charge >= 0.3 is 5.97 Å². The molecule has 1 heterocycles. The lowest BCUT2D eigenvalue weighted by Crippen LogP contribution is -2.21. The zero-order valence-corrected chi connectivity index (χ0v) is 10.2. The van der Waals surface area contributed by atoms with Crippen LogP contribution < -0.4 is 5.56 Å². The van der Waals surface area contributed by atoms with Gasteiger partial charge in [0.2, 0.25) is 0 Å². The van der Waals surface area contributed by atoms with Crippen LogP contribution in [0.1, 0.15) is 15.9 Å². The molecule has 92 valence electrons. The van der Waals surface area contributed by atoms with E-state index in [-0.39, 0.29) is 11.1 Å². The summed E-state index contributed by atoms with van der Waals surface area (Å²) in [5, 5.41) is 9.10. The molecule has 0 spiro atoms. The highest BCUT2D eigenvalue weighted by Crippen LogP contribution is 2.23. The number of pyridine rings is 1. The molecule has 0 aliphatic heterocycles. The number of carboxylic acid groups (broad SMARTS) is 1. The molecule has 1 N–H and O–H groups in total. The molecule has 0 atom stereocenters. The highest BCUT2D eigenvalue weighted by Gasteiger charge is 2.15. The average molecular weight is 243 g/mol. The summed E-state index contributed by atoms with van der Waals surface area (Å²) in [5.41, 5.74) is 1.79. The summed E-state index contributed by atoms with van der Waals surface area (Å²) in [6.45, 7) is 1.71. The molecule has 1 aromatic heterocycles. The Hall–Kier alpha value is -2.36. The molecule has 0 fully saturated rings. The fourth-order valence-corrected chi connectivity index (χ4v) is 2.05. The van der Waals surface area contributed by atoms with Gasteiger partial charge in [0.1, 0.15) is 0 Å². The van der Waals surface area contributed by atoms with Crippen molar-refractivity contribution in [3.8, 4) is 11.3 Å². The maximum atomic E-state index is 11.8. The van der Waals surface area contributed by atoms with E-state index in [2.05, 4.69) is 0 Å². The Balaban J connectivity index is 2.82. The van der Waals surface area contributed by atoms with E-state index in [9.17, 15) is 9.59 Å². The highest BCUT2D eigenvalue weighted by molar-refractivity contribution is 5.91. The van der Waals surface area contributed by atoms with Gasteiger partial charge in [-0.3, -0.25) is 4.79 Å². The first kappa shape index (κ1) is 12.1. The van der Waals surface area contributed by atoms with Crippen molar-refractivity contribution in [1.82, 2.24) is 4.57 Å². The standard InChI is InChI=1S/C14H13NO3/c1-9-11(14(17)18)8-12(16)15(2)13(9)10-6-4-3-5-7-10/h3-8H,1-2H3,(H,17,18). The lowest BCUT2D eigenvalue weighted by molar-refractivity contribution is 0.0696. The van der Waals surface area contributed by atoms with Gasteiger partial charge in [0, 0.05) is 13.1 Å². The first-order chi connectivity index (χ1) is 8.52. The third-order valence-corrected chi connectivity index (χ3v) is 2.97. The number of hydrogen-bond acceptors (Lipinski definition) is 2. The number of carboxylic acids is 1. The largest absolute Gasteiger partial charge is 0.478 e. The number of rotatable bonds is 2. The van der Waals surface area contributed by atoms with Gasteiger partial charge in [-0.2, -0.15) is 0 Å². The van der Waals surface area contributed by atoms with Crippen LogP contribution in [-0.2, 0) is 7.05 Å². The van der Waals surface area contributed by atoms with Gasteiger partial charge in [0.25, 0.3) is 5.56 Å². The van der Waals surface area contributed by atoms with Crippen LogP contribution in [0.25, 0.3) is 11.3 Å². The maximum Gasteiger partial charge on any atom is 0.336 e. The van der Waals surface area contributed by atoms with Crippen LogP contribution in [0, 0.1) is 6.92 Å². The van der Waals surface area contributed by atoms with Gasteiger partial charge in [-0.05, 0) is 18.1 Å². The number of carbonyl (C=O) groups is 1. The Morgan fingerprint density at radius 3 is 2.39 bits per heavy atom. The van der Waals surface area contributed by atoms with Crippen LogP contribution in [0.3, 0.4) is 0 Å². The van der Waals surface area contributed by atoms with Crippen LogP contribution in [0.4, 0.5) is 0 Å². The monoisotopic (exact) mass is 243 g/mol. The van der Waals surface area contributed by atoms with Crippen molar-refractivity contribution in [1.29, 1.82) is 0 Å². The quantitative estimate of drug-likeness (QED) is 0.878. The number of hydrogen-bond donors (Lipinski definition) is 1. The van der Waals surface area contributed by atoms with Crippen molar-refractivity contribution in [2.75, 3.05) is 0 Å². The first-order valence-corrected chi connectivity index (χ1v) is 5.51. The fraction of sp³-hybridized carbons (Fsp3) is 0.143. The lowest BCUT2D eigenvalue weighted by Gasteiger charge is -2.13. The first-order valence-electron chi connectivity index (χ1n) is 5.51. The Bertz CT molecular complexity index is 657. The number of benzene rings is 1. The van der Waals surface area contributed by atoms with E-state index in [1.165, 1.54) is 4.57 Å². The summed E-state index contributed by atoms with van der Waals surface area (Å²) >= 11 is 0. The highest BCUT2D eigenvalue weighted by atomic mass is 16.4. The molecule has 1 aromatic carbocycles. The lowest BCUT2D eigenvalue weighted by atomic mass is 10.0. The minimum absolute atomic E-state index is 0.0527. The Kier molecular flexibility index (Phi) is 3.02. The molecule has 2 rings (SSSR count).